The molecule has 0 aliphatic rings. The Kier molecular flexibility index (Phi) is 6.03. The molecule has 0 radical (unpaired) electrons. The minimum absolute atomic E-state index is 0.00956. The number of carbonyl (C=O) groups is 1. The van der Waals surface area contributed by atoms with E-state index in [1.54, 1.807) is 0 Å². The summed E-state index contributed by atoms with van der Waals surface area (Å²) in [5.41, 5.74) is 1.10. The van der Waals surface area contributed by atoms with Gasteiger partial charge in [0.2, 0.25) is 5.91 Å². The summed E-state index contributed by atoms with van der Waals surface area (Å²) in [7, 11) is 0. The maximum absolute atomic E-state index is 12.0. The van der Waals surface area contributed by atoms with Gasteiger partial charge < -0.3 is 10.4 Å². The van der Waals surface area contributed by atoms with Crippen LogP contribution in [0.2, 0.25) is 0 Å². The van der Waals surface area contributed by atoms with Crippen LogP contribution in [0.1, 0.15) is 51.6 Å². The summed E-state index contributed by atoms with van der Waals surface area (Å²) in [6, 6.07) is 10.1. The number of benzene rings is 1. The smallest absolute Gasteiger partial charge is 0.220 e. The Labute approximate surface area is 116 Å². The molecule has 0 aliphatic carbocycles. The number of amides is 1. The SMILES string of the molecule is CC(C)(C)C(NC(=O)CCCCO)c1ccccc1. The Morgan fingerprint density at radius 3 is 2.37 bits per heavy atom. The van der Waals surface area contributed by atoms with E-state index < -0.39 is 0 Å². The Balaban J connectivity index is 2.69. The zero-order valence-corrected chi connectivity index (χ0v) is 12.1. The van der Waals surface area contributed by atoms with Gasteiger partial charge in [0, 0.05) is 13.0 Å². The molecule has 1 aromatic carbocycles. The molecule has 0 saturated carbocycles. The Morgan fingerprint density at radius 1 is 1.21 bits per heavy atom. The molecule has 0 heterocycles. The highest BCUT2D eigenvalue weighted by Crippen LogP contribution is 2.32. The van der Waals surface area contributed by atoms with Gasteiger partial charge in [0.25, 0.3) is 0 Å². The van der Waals surface area contributed by atoms with Crippen LogP contribution in [0, 0.1) is 5.41 Å². The minimum Gasteiger partial charge on any atom is -0.396 e. The van der Waals surface area contributed by atoms with Crippen molar-refractivity contribution < 1.29 is 9.90 Å². The standard InChI is InChI=1S/C16H25NO2/c1-16(2,3)15(13-9-5-4-6-10-13)17-14(19)11-7-8-12-18/h4-6,9-10,15,18H,7-8,11-12H2,1-3H3,(H,17,19). The molecule has 2 N–H and O–H groups in total. The first-order chi connectivity index (χ1) is 8.95. The number of nitrogens with one attached hydrogen (secondary N) is 1. The lowest BCUT2D eigenvalue weighted by atomic mass is 9.82. The molecule has 0 spiro atoms. The fourth-order valence-electron chi connectivity index (χ4n) is 2.08. The molecule has 3 heteroatoms. The van der Waals surface area contributed by atoms with Crippen molar-refractivity contribution in [1.82, 2.24) is 5.32 Å². The molecule has 0 saturated heterocycles. The Morgan fingerprint density at radius 2 is 1.84 bits per heavy atom. The summed E-state index contributed by atoms with van der Waals surface area (Å²) in [6.45, 7) is 6.52. The third kappa shape index (κ3) is 5.43. The molecule has 1 amide bonds. The number of hydrogen-bond acceptors (Lipinski definition) is 2. The molecule has 1 rings (SSSR count). The first kappa shape index (κ1) is 15.7. The van der Waals surface area contributed by atoms with Gasteiger partial charge in [-0.15, -0.1) is 0 Å². The highest BCUT2D eigenvalue weighted by Gasteiger charge is 2.27. The van der Waals surface area contributed by atoms with E-state index in [1.165, 1.54) is 0 Å². The van der Waals surface area contributed by atoms with E-state index in [9.17, 15) is 4.79 Å². The number of rotatable bonds is 6. The van der Waals surface area contributed by atoms with E-state index in [2.05, 4.69) is 26.1 Å². The lowest BCUT2D eigenvalue weighted by molar-refractivity contribution is -0.122. The average Bonchev–Trinajstić information content (AvgIpc) is 2.36. The Bertz CT molecular complexity index is 381. The second-order valence-corrected chi connectivity index (χ2v) is 5.96. The summed E-state index contributed by atoms with van der Waals surface area (Å²) in [5, 5.41) is 11.8. The molecule has 1 unspecified atom stereocenters. The van der Waals surface area contributed by atoms with Gasteiger partial charge >= 0.3 is 0 Å². The van der Waals surface area contributed by atoms with Crippen molar-refractivity contribution >= 4 is 5.91 Å². The summed E-state index contributed by atoms with van der Waals surface area (Å²) < 4.78 is 0. The predicted octanol–water partition coefficient (Wildman–Crippen LogP) is 3.05. The molecule has 106 valence electrons. The third-order valence-electron chi connectivity index (χ3n) is 3.12. The van der Waals surface area contributed by atoms with Crippen LogP contribution < -0.4 is 5.32 Å². The maximum atomic E-state index is 12.0. The number of aliphatic hydroxyl groups excluding tert-OH is 1. The number of carbonyl (C=O) groups excluding carboxylic acids is 1. The van der Waals surface area contributed by atoms with Gasteiger partial charge in [-0.1, -0.05) is 51.1 Å². The van der Waals surface area contributed by atoms with Gasteiger partial charge in [-0.3, -0.25) is 4.79 Å². The van der Waals surface area contributed by atoms with E-state index >= 15 is 0 Å². The van der Waals surface area contributed by atoms with Crippen LogP contribution in [0.5, 0.6) is 0 Å². The number of unbranched alkanes of at least 4 members (excludes halogenated alkanes) is 1. The van der Waals surface area contributed by atoms with Gasteiger partial charge in [-0.2, -0.15) is 0 Å². The zero-order chi connectivity index (χ0) is 14.3. The molecular formula is C16H25NO2. The van der Waals surface area contributed by atoms with E-state index in [0.717, 1.165) is 12.0 Å². The fourth-order valence-corrected chi connectivity index (χ4v) is 2.08. The van der Waals surface area contributed by atoms with Crippen molar-refractivity contribution in [3.63, 3.8) is 0 Å². The number of aliphatic hydroxyl groups is 1. The van der Waals surface area contributed by atoms with Crippen molar-refractivity contribution in [2.45, 2.75) is 46.1 Å². The molecule has 1 aromatic rings. The van der Waals surface area contributed by atoms with Crippen molar-refractivity contribution in [3.8, 4) is 0 Å². The first-order valence-corrected chi connectivity index (χ1v) is 6.90. The van der Waals surface area contributed by atoms with Gasteiger partial charge in [0.05, 0.1) is 6.04 Å². The second kappa shape index (κ2) is 7.29. The zero-order valence-electron chi connectivity index (χ0n) is 12.1. The minimum atomic E-state index is -0.0337. The normalized spacial score (nSPS) is 13.1. The van der Waals surface area contributed by atoms with Crippen molar-refractivity contribution in [1.29, 1.82) is 0 Å². The fraction of sp³-hybridized carbons (Fsp3) is 0.562. The molecular weight excluding hydrogens is 238 g/mol. The average molecular weight is 263 g/mol. The maximum Gasteiger partial charge on any atom is 0.220 e. The predicted molar refractivity (Wildman–Crippen MR) is 77.7 cm³/mol. The molecule has 1 atom stereocenters. The topological polar surface area (TPSA) is 49.3 Å². The largest absolute Gasteiger partial charge is 0.396 e. The van der Waals surface area contributed by atoms with Crippen LogP contribution in [0.15, 0.2) is 30.3 Å². The lowest BCUT2D eigenvalue weighted by Crippen LogP contribution is -2.36. The van der Waals surface area contributed by atoms with Crippen LogP contribution in [-0.2, 0) is 4.79 Å². The van der Waals surface area contributed by atoms with Crippen molar-refractivity contribution in [2.24, 2.45) is 5.41 Å². The summed E-state index contributed by atoms with van der Waals surface area (Å²) in [5.74, 6) is 0.0530. The Hall–Kier alpha value is -1.35. The van der Waals surface area contributed by atoms with Gasteiger partial charge in [0.15, 0.2) is 0 Å². The summed E-state index contributed by atoms with van der Waals surface area (Å²) in [4.78, 5) is 12.0. The third-order valence-corrected chi connectivity index (χ3v) is 3.12. The molecule has 0 aliphatic heterocycles. The van der Waals surface area contributed by atoms with E-state index in [1.807, 2.05) is 30.3 Å². The highest BCUT2D eigenvalue weighted by molar-refractivity contribution is 5.76. The first-order valence-electron chi connectivity index (χ1n) is 6.90. The van der Waals surface area contributed by atoms with Crippen LogP contribution in [0.4, 0.5) is 0 Å². The summed E-state index contributed by atoms with van der Waals surface area (Å²) >= 11 is 0. The van der Waals surface area contributed by atoms with E-state index in [0.29, 0.717) is 12.8 Å². The van der Waals surface area contributed by atoms with Gasteiger partial charge in [-0.05, 0) is 23.8 Å². The molecule has 19 heavy (non-hydrogen) atoms. The van der Waals surface area contributed by atoms with Crippen LogP contribution >= 0.6 is 0 Å². The van der Waals surface area contributed by atoms with Crippen LogP contribution in [0.25, 0.3) is 0 Å². The molecule has 0 bridgehead atoms. The molecule has 3 nitrogen and oxygen atoms in total. The van der Waals surface area contributed by atoms with Gasteiger partial charge in [-0.25, -0.2) is 0 Å². The summed E-state index contributed by atoms with van der Waals surface area (Å²) in [6.07, 6.45) is 1.88. The van der Waals surface area contributed by atoms with Crippen LogP contribution in [0.3, 0.4) is 0 Å². The van der Waals surface area contributed by atoms with E-state index in [-0.39, 0.29) is 24.0 Å². The van der Waals surface area contributed by atoms with E-state index in [4.69, 9.17) is 5.11 Å². The molecule has 0 aromatic heterocycles. The van der Waals surface area contributed by atoms with Crippen LogP contribution in [-0.4, -0.2) is 17.6 Å². The lowest BCUT2D eigenvalue weighted by Gasteiger charge is -2.32. The number of hydrogen-bond donors (Lipinski definition) is 2. The quantitative estimate of drug-likeness (QED) is 0.775. The second-order valence-electron chi connectivity index (χ2n) is 5.96. The van der Waals surface area contributed by atoms with Crippen molar-refractivity contribution in [3.05, 3.63) is 35.9 Å². The monoisotopic (exact) mass is 263 g/mol. The highest BCUT2D eigenvalue weighted by atomic mass is 16.2. The van der Waals surface area contributed by atoms with Gasteiger partial charge in [0.1, 0.15) is 0 Å². The van der Waals surface area contributed by atoms with Crippen molar-refractivity contribution in [2.75, 3.05) is 6.61 Å². The molecule has 0 fully saturated rings.